The van der Waals surface area contributed by atoms with Gasteiger partial charge in [0.1, 0.15) is 5.82 Å². The summed E-state index contributed by atoms with van der Waals surface area (Å²) in [7, 11) is 0. The first-order valence-corrected chi connectivity index (χ1v) is 8.27. The molecule has 0 radical (unpaired) electrons. The van der Waals surface area contributed by atoms with Gasteiger partial charge in [-0.3, -0.25) is 4.40 Å². The van der Waals surface area contributed by atoms with E-state index in [0.29, 0.717) is 12.3 Å². The number of H-pyrrole nitrogens is 1. The zero-order valence-corrected chi connectivity index (χ0v) is 12.9. The number of nitrogens with one attached hydrogen (secondary N) is 1. The number of rotatable bonds is 4. The van der Waals surface area contributed by atoms with Gasteiger partial charge in [0, 0.05) is 25.1 Å². The van der Waals surface area contributed by atoms with Crippen molar-refractivity contribution < 1.29 is 5.11 Å². The number of hydrogen-bond acceptors (Lipinski definition) is 3. The van der Waals surface area contributed by atoms with Gasteiger partial charge in [-0.2, -0.15) is 0 Å². The Morgan fingerprint density at radius 1 is 1.36 bits per heavy atom. The highest BCUT2D eigenvalue weighted by Crippen LogP contribution is 2.41. The van der Waals surface area contributed by atoms with Crippen LogP contribution in [0.2, 0.25) is 0 Å². The van der Waals surface area contributed by atoms with E-state index in [9.17, 15) is 5.11 Å². The predicted octanol–water partition coefficient (Wildman–Crippen LogP) is 3.04. The summed E-state index contributed by atoms with van der Waals surface area (Å²) in [6.45, 7) is 2.40. The lowest BCUT2D eigenvalue weighted by Crippen LogP contribution is -2.09. The minimum Gasteiger partial charge on any atom is -0.396 e. The van der Waals surface area contributed by atoms with Crippen LogP contribution in [0.15, 0.2) is 18.5 Å². The van der Waals surface area contributed by atoms with Crippen LogP contribution >= 0.6 is 0 Å². The molecule has 3 heterocycles. The smallest absolute Gasteiger partial charge is 0.154 e. The van der Waals surface area contributed by atoms with E-state index in [2.05, 4.69) is 27.4 Å². The Morgan fingerprint density at radius 2 is 2.27 bits per heavy atom. The number of nitrogens with zero attached hydrogens (tertiary/aromatic N) is 3. The quantitative estimate of drug-likeness (QED) is 0.778. The molecule has 0 aromatic carbocycles. The lowest BCUT2D eigenvalue weighted by molar-refractivity contribution is 0.298. The van der Waals surface area contributed by atoms with E-state index in [1.165, 1.54) is 25.7 Å². The number of fused-ring (bicyclic) bond motifs is 3. The van der Waals surface area contributed by atoms with E-state index in [4.69, 9.17) is 4.98 Å². The molecule has 2 unspecified atom stereocenters. The van der Waals surface area contributed by atoms with Crippen molar-refractivity contribution in [2.45, 2.75) is 44.9 Å². The van der Waals surface area contributed by atoms with Gasteiger partial charge in [0.25, 0.3) is 0 Å². The highest BCUT2D eigenvalue weighted by atomic mass is 16.3. The molecule has 5 nitrogen and oxygen atoms in total. The summed E-state index contributed by atoms with van der Waals surface area (Å²) in [5.74, 6) is 2.40. The number of imidazole rings is 1. The fraction of sp³-hybridized carbons (Fsp3) is 0.529. The standard InChI is InChI=1S/C17H22N4O/c1-2-11-4-3-5-12(11)17-20-13(7-9-22)15-10-19-16-14(21(15)17)6-8-18-16/h6,8,10-12,18,22H,2-5,7,9H2,1H3. The van der Waals surface area contributed by atoms with Crippen LogP contribution in [0.25, 0.3) is 16.7 Å². The second kappa shape index (κ2) is 5.39. The summed E-state index contributed by atoms with van der Waals surface area (Å²) in [6, 6.07) is 2.07. The van der Waals surface area contributed by atoms with E-state index < -0.39 is 0 Å². The zero-order valence-electron chi connectivity index (χ0n) is 12.9. The Kier molecular flexibility index (Phi) is 3.37. The molecule has 22 heavy (non-hydrogen) atoms. The maximum absolute atomic E-state index is 9.35. The number of aromatic nitrogens is 4. The van der Waals surface area contributed by atoms with Gasteiger partial charge < -0.3 is 10.1 Å². The minimum atomic E-state index is 0.124. The Balaban J connectivity index is 1.97. The Morgan fingerprint density at radius 3 is 3.09 bits per heavy atom. The fourth-order valence-electron chi connectivity index (χ4n) is 4.05. The summed E-state index contributed by atoms with van der Waals surface area (Å²) in [6.07, 6.45) is 9.40. The van der Waals surface area contributed by atoms with Crippen molar-refractivity contribution in [1.82, 2.24) is 19.4 Å². The van der Waals surface area contributed by atoms with E-state index in [1.54, 1.807) is 0 Å². The molecule has 0 spiro atoms. The third kappa shape index (κ3) is 1.96. The first-order chi connectivity index (χ1) is 10.8. The van der Waals surface area contributed by atoms with Gasteiger partial charge in [0.05, 0.1) is 22.9 Å². The van der Waals surface area contributed by atoms with Crippen molar-refractivity contribution in [3.05, 3.63) is 30.0 Å². The van der Waals surface area contributed by atoms with Crippen LogP contribution < -0.4 is 0 Å². The summed E-state index contributed by atoms with van der Waals surface area (Å²) < 4.78 is 2.27. The molecule has 3 aromatic rings. The van der Waals surface area contributed by atoms with E-state index >= 15 is 0 Å². The second-order valence-electron chi connectivity index (χ2n) is 6.29. The Bertz CT molecular complexity index is 804. The molecule has 1 aliphatic carbocycles. The average molecular weight is 298 g/mol. The normalized spacial score (nSPS) is 22.1. The molecule has 2 N–H and O–H groups in total. The third-order valence-electron chi connectivity index (χ3n) is 5.14. The van der Waals surface area contributed by atoms with Crippen LogP contribution in [-0.4, -0.2) is 31.1 Å². The Labute approximate surface area is 129 Å². The fourth-order valence-corrected chi connectivity index (χ4v) is 4.05. The predicted molar refractivity (Wildman–Crippen MR) is 86.0 cm³/mol. The lowest BCUT2D eigenvalue weighted by atomic mass is 9.93. The van der Waals surface area contributed by atoms with Crippen molar-refractivity contribution in [2.24, 2.45) is 5.92 Å². The van der Waals surface area contributed by atoms with Crippen molar-refractivity contribution in [3.63, 3.8) is 0 Å². The molecular weight excluding hydrogens is 276 g/mol. The third-order valence-corrected chi connectivity index (χ3v) is 5.14. The van der Waals surface area contributed by atoms with Gasteiger partial charge in [-0.25, -0.2) is 9.97 Å². The van der Waals surface area contributed by atoms with Crippen LogP contribution in [0.3, 0.4) is 0 Å². The summed E-state index contributed by atoms with van der Waals surface area (Å²) in [4.78, 5) is 12.6. The van der Waals surface area contributed by atoms with Crippen LogP contribution in [-0.2, 0) is 6.42 Å². The van der Waals surface area contributed by atoms with Gasteiger partial charge in [-0.05, 0) is 24.8 Å². The molecule has 1 fully saturated rings. The summed E-state index contributed by atoms with van der Waals surface area (Å²) in [5.41, 5.74) is 3.99. The molecule has 0 amide bonds. The van der Waals surface area contributed by atoms with Crippen molar-refractivity contribution in [1.29, 1.82) is 0 Å². The van der Waals surface area contributed by atoms with Gasteiger partial charge in [0.2, 0.25) is 0 Å². The van der Waals surface area contributed by atoms with Gasteiger partial charge in [-0.15, -0.1) is 0 Å². The van der Waals surface area contributed by atoms with Crippen LogP contribution in [0.5, 0.6) is 0 Å². The molecule has 5 heteroatoms. The molecule has 4 rings (SSSR count). The van der Waals surface area contributed by atoms with Crippen molar-refractivity contribution in [3.8, 4) is 0 Å². The molecule has 3 aromatic heterocycles. The Hall–Kier alpha value is -1.88. The second-order valence-corrected chi connectivity index (χ2v) is 6.29. The molecule has 2 atom stereocenters. The SMILES string of the molecule is CCC1CCCC1c1nc(CCO)c2cnc3[nH]ccc3n12. The van der Waals surface area contributed by atoms with Crippen LogP contribution in [0, 0.1) is 5.92 Å². The molecular formula is C17H22N4O. The largest absolute Gasteiger partial charge is 0.396 e. The van der Waals surface area contributed by atoms with Crippen molar-refractivity contribution >= 4 is 16.7 Å². The van der Waals surface area contributed by atoms with Gasteiger partial charge in [-0.1, -0.05) is 19.8 Å². The van der Waals surface area contributed by atoms with E-state index in [1.807, 2.05) is 12.4 Å². The number of aliphatic hydroxyl groups excluding tert-OH is 1. The molecule has 116 valence electrons. The topological polar surface area (TPSA) is 66.2 Å². The number of aliphatic hydroxyl groups is 1. The maximum atomic E-state index is 9.35. The number of aromatic amines is 1. The summed E-state index contributed by atoms with van der Waals surface area (Å²) >= 11 is 0. The average Bonchev–Trinajstić information content (AvgIpc) is 3.24. The minimum absolute atomic E-state index is 0.124. The van der Waals surface area contributed by atoms with E-state index in [0.717, 1.165) is 34.1 Å². The van der Waals surface area contributed by atoms with Gasteiger partial charge >= 0.3 is 0 Å². The molecule has 1 saturated carbocycles. The summed E-state index contributed by atoms with van der Waals surface area (Å²) in [5, 5.41) is 9.35. The van der Waals surface area contributed by atoms with Crippen molar-refractivity contribution in [2.75, 3.05) is 6.61 Å². The highest BCUT2D eigenvalue weighted by Gasteiger charge is 2.31. The first kappa shape index (κ1) is 13.8. The van der Waals surface area contributed by atoms with Crippen LogP contribution in [0.1, 0.15) is 50.0 Å². The zero-order chi connectivity index (χ0) is 15.1. The molecule has 0 saturated heterocycles. The van der Waals surface area contributed by atoms with Crippen LogP contribution in [0.4, 0.5) is 0 Å². The number of hydrogen-bond donors (Lipinski definition) is 2. The molecule has 0 bridgehead atoms. The highest BCUT2D eigenvalue weighted by molar-refractivity contribution is 5.76. The maximum Gasteiger partial charge on any atom is 0.154 e. The van der Waals surface area contributed by atoms with Gasteiger partial charge in [0.15, 0.2) is 5.65 Å². The first-order valence-electron chi connectivity index (χ1n) is 8.27. The van der Waals surface area contributed by atoms with E-state index in [-0.39, 0.29) is 6.61 Å². The lowest BCUT2D eigenvalue weighted by Gasteiger charge is -2.17. The molecule has 1 aliphatic rings. The molecule has 0 aliphatic heterocycles. The monoisotopic (exact) mass is 298 g/mol.